The van der Waals surface area contributed by atoms with Crippen LogP contribution < -0.4 is 10.1 Å². The van der Waals surface area contributed by atoms with Crippen molar-refractivity contribution in [2.75, 3.05) is 11.5 Å². The van der Waals surface area contributed by atoms with E-state index in [1.807, 2.05) is 18.2 Å². The zero-order valence-electron chi connectivity index (χ0n) is 13.4. The minimum atomic E-state index is -3.07. The number of nitrogens with one attached hydrogen (secondary N) is 1. The Labute approximate surface area is 151 Å². The maximum absolute atomic E-state index is 12.7. The van der Waals surface area contributed by atoms with Crippen molar-refractivity contribution in [1.29, 1.82) is 0 Å². The van der Waals surface area contributed by atoms with Gasteiger partial charge in [-0.15, -0.1) is 0 Å². The normalized spacial score (nSPS) is 20.0. The minimum Gasteiger partial charge on any atom is -0.476 e. The molecule has 7 heteroatoms. The van der Waals surface area contributed by atoms with Gasteiger partial charge in [-0.25, -0.2) is 8.42 Å². The zero-order valence-corrected chi connectivity index (χ0v) is 15.0. The van der Waals surface area contributed by atoms with E-state index in [1.165, 1.54) is 0 Å². The number of halogens is 1. The molecule has 0 radical (unpaired) electrons. The molecular formula is C18H18ClNO4S. The molecule has 0 aromatic heterocycles. The maximum Gasteiger partial charge on any atom is 0.266 e. The molecule has 0 saturated carbocycles. The fourth-order valence-corrected chi connectivity index (χ4v) is 4.54. The Morgan fingerprint density at radius 2 is 1.80 bits per heavy atom. The fraction of sp³-hybridized carbons (Fsp3) is 0.278. The highest BCUT2D eigenvalue weighted by atomic mass is 35.5. The van der Waals surface area contributed by atoms with Gasteiger partial charge in [-0.05, 0) is 30.7 Å². The molecule has 1 aliphatic heterocycles. The Morgan fingerprint density at radius 3 is 2.40 bits per heavy atom. The third kappa shape index (κ3) is 4.74. The van der Waals surface area contributed by atoms with E-state index in [9.17, 15) is 13.2 Å². The molecule has 1 heterocycles. The largest absolute Gasteiger partial charge is 0.476 e. The monoisotopic (exact) mass is 379 g/mol. The Hall–Kier alpha value is -2.05. The summed E-state index contributed by atoms with van der Waals surface area (Å²) in [4.78, 5) is 12.7. The standard InChI is InChI=1S/C18H18ClNO4S/c19-14-6-8-16(9-7-14)24-17(13-4-2-1-3-5-13)18(21)20-15-10-11-25(22,23)12-15/h1-9,15,17H,10-12H2,(H,20,21)/t15-,17-/m1/s1. The molecule has 0 unspecified atom stereocenters. The molecule has 5 nitrogen and oxygen atoms in total. The quantitative estimate of drug-likeness (QED) is 0.867. The van der Waals surface area contributed by atoms with Crippen LogP contribution in [0, 0.1) is 0 Å². The fourth-order valence-electron chi connectivity index (χ4n) is 2.74. The van der Waals surface area contributed by atoms with Crippen molar-refractivity contribution in [3.05, 3.63) is 65.2 Å². The van der Waals surface area contributed by atoms with Gasteiger partial charge >= 0.3 is 0 Å². The Kier molecular flexibility index (Phi) is 5.30. The van der Waals surface area contributed by atoms with E-state index in [4.69, 9.17) is 16.3 Å². The summed E-state index contributed by atoms with van der Waals surface area (Å²) in [6, 6.07) is 15.4. The van der Waals surface area contributed by atoms with Crippen LogP contribution in [-0.2, 0) is 14.6 Å². The van der Waals surface area contributed by atoms with Crippen LogP contribution in [0.5, 0.6) is 5.75 Å². The maximum atomic E-state index is 12.7. The van der Waals surface area contributed by atoms with Crippen molar-refractivity contribution in [2.24, 2.45) is 0 Å². The second kappa shape index (κ2) is 7.45. The lowest BCUT2D eigenvalue weighted by Crippen LogP contribution is -2.40. The van der Waals surface area contributed by atoms with E-state index in [2.05, 4.69) is 5.32 Å². The zero-order chi connectivity index (χ0) is 17.9. The van der Waals surface area contributed by atoms with E-state index < -0.39 is 15.9 Å². The lowest BCUT2D eigenvalue weighted by atomic mass is 10.1. The number of hydrogen-bond donors (Lipinski definition) is 1. The number of sulfone groups is 1. The van der Waals surface area contributed by atoms with Crippen molar-refractivity contribution >= 4 is 27.3 Å². The van der Waals surface area contributed by atoms with Crippen molar-refractivity contribution < 1.29 is 17.9 Å². The summed E-state index contributed by atoms with van der Waals surface area (Å²) in [7, 11) is -3.07. The van der Waals surface area contributed by atoms with Gasteiger partial charge in [-0.1, -0.05) is 41.9 Å². The number of amides is 1. The predicted octanol–water partition coefficient (Wildman–Crippen LogP) is 2.76. The van der Waals surface area contributed by atoms with Crippen LogP contribution in [0.1, 0.15) is 18.1 Å². The van der Waals surface area contributed by atoms with Gasteiger partial charge in [0.05, 0.1) is 11.5 Å². The van der Waals surface area contributed by atoms with Crippen LogP contribution in [0.3, 0.4) is 0 Å². The van der Waals surface area contributed by atoms with Gasteiger partial charge in [-0.2, -0.15) is 0 Å². The molecule has 25 heavy (non-hydrogen) atoms. The topological polar surface area (TPSA) is 72.5 Å². The lowest BCUT2D eigenvalue weighted by Gasteiger charge is -2.21. The van der Waals surface area contributed by atoms with Crippen LogP contribution in [0.2, 0.25) is 5.02 Å². The van der Waals surface area contributed by atoms with Crippen LogP contribution in [0.25, 0.3) is 0 Å². The molecule has 3 rings (SSSR count). The summed E-state index contributed by atoms with van der Waals surface area (Å²) < 4.78 is 29.0. The number of carbonyl (C=O) groups is 1. The highest BCUT2D eigenvalue weighted by Crippen LogP contribution is 2.24. The molecule has 0 aliphatic carbocycles. The van der Waals surface area contributed by atoms with Gasteiger partial charge in [0, 0.05) is 16.6 Å². The lowest BCUT2D eigenvalue weighted by molar-refractivity contribution is -0.128. The van der Waals surface area contributed by atoms with Gasteiger partial charge in [0.1, 0.15) is 5.75 Å². The number of ether oxygens (including phenoxy) is 1. The average Bonchev–Trinajstić information content (AvgIpc) is 2.93. The first kappa shape index (κ1) is 17.8. The Bertz CT molecular complexity index is 837. The third-order valence-electron chi connectivity index (χ3n) is 3.99. The summed E-state index contributed by atoms with van der Waals surface area (Å²) in [6.45, 7) is 0. The van der Waals surface area contributed by atoms with Gasteiger partial charge in [0.2, 0.25) is 6.10 Å². The minimum absolute atomic E-state index is 0.0266. The average molecular weight is 380 g/mol. The van der Waals surface area contributed by atoms with Gasteiger partial charge in [0.25, 0.3) is 5.91 Å². The molecule has 2 aromatic carbocycles. The van der Waals surface area contributed by atoms with Crippen molar-refractivity contribution in [2.45, 2.75) is 18.6 Å². The third-order valence-corrected chi connectivity index (χ3v) is 6.01. The summed E-state index contributed by atoms with van der Waals surface area (Å²) in [5.41, 5.74) is 0.691. The van der Waals surface area contributed by atoms with E-state index in [0.29, 0.717) is 22.8 Å². The van der Waals surface area contributed by atoms with E-state index in [-0.39, 0.29) is 23.5 Å². The number of carbonyl (C=O) groups excluding carboxylic acids is 1. The van der Waals surface area contributed by atoms with Crippen LogP contribution in [0.15, 0.2) is 54.6 Å². The van der Waals surface area contributed by atoms with Gasteiger partial charge in [-0.3, -0.25) is 4.79 Å². The Balaban J connectivity index is 1.78. The number of benzene rings is 2. The summed E-state index contributed by atoms with van der Waals surface area (Å²) in [5, 5.41) is 3.37. The molecule has 0 bridgehead atoms. The van der Waals surface area contributed by atoms with Crippen molar-refractivity contribution in [1.82, 2.24) is 5.32 Å². The van der Waals surface area contributed by atoms with Crippen LogP contribution >= 0.6 is 11.6 Å². The highest BCUT2D eigenvalue weighted by molar-refractivity contribution is 7.91. The summed E-state index contributed by atoms with van der Waals surface area (Å²) in [6.07, 6.45) is -0.443. The molecule has 1 amide bonds. The Morgan fingerprint density at radius 1 is 1.12 bits per heavy atom. The van der Waals surface area contributed by atoms with E-state index >= 15 is 0 Å². The van der Waals surface area contributed by atoms with Crippen molar-refractivity contribution in [3.8, 4) is 5.75 Å². The van der Waals surface area contributed by atoms with Crippen LogP contribution in [0.4, 0.5) is 0 Å². The van der Waals surface area contributed by atoms with E-state index in [0.717, 1.165) is 0 Å². The molecule has 2 atom stereocenters. The van der Waals surface area contributed by atoms with Crippen LogP contribution in [-0.4, -0.2) is 31.9 Å². The molecule has 1 aliphatic rings. The molecule has 1 saturated heterocycles. The predicted molar refractivity (Wildman–Crippen MR) is 96.5 cm³/mol. The first-order valence-electron chi connectivity index (χ1n) is 7.91. The SMILES string of the molecule is O=C(N[C@@H]1CCS(=O)(=O)C1)[C@H](Oc1ccc(Cl)cc1)c1ccccc1. The molecule has 132 valence electrons. The number of hydrogen-bond acceptors (Lipinski definition) is 4. The van der Waals surface area contributed by atoms with Gasteiger partial charge < -0.3 is 10.1 Å². The second-order valence-electron chi connectivity index (χ2n) is 5.97. The highest BCUT2D eigenvalue weighted by Gasteiger charge is 2.32. The molecule has 0 spiro atoms. The first-order valence-corrected chi connectivity index (χ1v) is 10.1. The molecule has 1 fully saturated rings. The summed E-state index contributed by atoms with van der Waals surface area (Å²) >= 11 is 5.88. The second-order valence-corrected chi connectivity index (χ2v) is 8.64. The number of rotatable bonds is 5. The van der Waals surface area contributed by atoms with E-state index in [1.54, 1.807) is 36.4 Å². The molecule has 1 N–H and O–H groups in total. The first-order chi connectivity index (χ1) is 11.9. The molecule has 2 aromatic rings. The van der Waals surface area contributed by atoms with Crippen molar-refractivity contribution in [3.63, 3.8) is 0 Å². The summed E-state index contributed by atoms with van der Waals surface area (Å²) in [5.74, 6) is 0.225. The smallest absolute Gasteiger partial charge is 0.266 e. The molecular weight excluding hydrogens is 362 g/mol. The van der Waals surface area contributed by atoms with Gasteiger partial charge in [0.15, 0.2) is 9.84 Å².